The first kappa shape index (κ1) is 67.0. The minimum Gasteiger partial charge on any atom is -0.400 e. The van der Waals surface area contributed by atoms with Gasteiger partial charge in [-0.15, -0.1) is 0 Å². The average molecular weight is 938 g/mol. The number of hydrogen-bond donors (Lipinski definition) is 4. The molecule has 0 saturated heterocycles. The number of ketones is 1. The zero-order valence-corrected chi connectivity index (χ0v) is 44.7. The third kappa shape index (κ3) is 44.4. The third-order valence-electron chi connectivity index (χ3n) is 12.0. The number of rotatable bonds is 43. The molecule has 1 aliphatic carbocycles. The number of aliphatic hydroxyl groups is 2. The molecule has 0 amide bonds. The van der Waals surface area contributed by atoms with E-state index in [0.717, 1.165) is 57.6 Å². The predicted molar refractivity (Wildman–Crippen MR) is 264 cm³/mol. The van der Waals surface area contributed by atoms with E-state index in [2.05, 4.69) is 56.2 Å². The SMILES string of the molecule is C=C1C(=O)C(NCCCN(CCCCCCCO)CCCCCCCC(CCCCCCCC)CCCCCCCC)=C1NC.C=O.CC[CH-]CCCCCCCC.CO.[Y]. The number of hydrogen-bond acceptors (Lipinski definition) is 7. The molecule has 0 aromatic carbocycles. The second-order valence-electron chi connectivity index (χ2n) is 17.2. The summed E-state index contributed by atoms with van der Waals surface area (Å²) in [6, 6.07) is 0. The summed E-state index contributed by atoms with van der Waals surface area (Å²) in [7, 11) is 2.85. The Labute approximate surface area is 407 Å². The molecule has 8 heteroatoms. The first-order valence-corrected chi connectivity index (χ1v) is 25.8. The maximum atomic E-state index is 12.1. The topological polar surface area (TPSA) is 102 Å². The number of nitrogens with one attached hydrogen (secondary N) is 2. The Hall–Kier alpha value is -0.596. The standard InChI is InChI=1S/C40H77N3O2.C11H23.CH4O.CH2O.Y/c1-5-7-9-11-15-21-28-37(29-22-16-12-10-8-6-2)30-23-17-13-18-24-32-43(33-25-19-14-20-26-35-44)34-27-31-42-39-38(41-4)36(3)40(39)45;1-3-5-7-9-11-10-8-6-4-2;2*1-2;/h37,41-42,44H,3,5-35H2,1-2,4H3;5H,3-4,6-11H2,1-2H3;2H,1H3;1H2;/q;-1;;;. The van der Waals surface area contributed by atoms with Gasteiger partial charge in [0, 0.05) is 65.6 Å². The number of nitrogens with zero attached hydrogens (tertiary/aromatic N) is 1. The van der Waals surface area contributed by atoms with Crippen LogP contribution in [0.5, 0.6) is 0 Å². The summed E-state index contributed by atoms with van der Waals surface area (Å²) in [6.45, 7) is 19.5. The van der Waals surface area contributed by atoms with Crippen molar-refractivity contribution in [3.63, 3.8) is 0 Å². The second kappa shape index (κ2) is 57.4. The second-order valence-corrected chi connectivity index (χ2v) is 17.2. The van der Waals surface area contributed by atoms with Gasteiger partial charge in [0.05, 0.1) is 5.70 Å². The molecule has 0 aliphatic heterocycles. The molecule has 1 radical (unpaired) electrons. The smallest absolute Gasteiger partial charge is 0.212 e. The Bertz CT molecular complexity index is 894. The minimum atomic E-state index is 0. The maximum Gasteiger partial charge on any atom is 0.212 e. The third-order valence-corrected chi connectivity index (χ3v) is 12.0. The average Bonchev–Trinajstić information content (AvgIpc) is 3.28. The Kier molecular flexibility index (Phi) is 63.1. The zero-order valence-electron chi connectivity index (χ0n) is 41.9. The van der Waals surface area contributed by atoms with Crippen molar-refractivity contribution in [3.05, 3.63) is 30.0 Å². The van der Waals surface area contributed by atoms with E-state index in [1.54, 1.807) is 0 Å². The van der Waals surface area contributed by atoms with Crippen molar-refractivity contribution in [2.75, 3.05) is 46.9 Å². The van der Waals surface area contributed by atoms with Gasteiger partial charge in [0.25, 0.3) is 0 Å². The molecule has 0 spiro atoms. The van der Waals surface area contributed by atoms with Crippen LogP contribution in [0.3, 0.4) is 0 Å². The molecule has 0 unspecified atom stereocenters. The van der Waals surface area contributed by atoms with Gasteiger partial charge in [0.1, 0.15) is 12.5 Å². The molecule has 61 heavy (non-hydrogen) atoms. The van der Waals surface area contributed by atoms with Crippen LogP contribution in [0.25, 0.3) is 0 Å². The van der Waals surface area contributed by atoms with E-state index in [4.69, 9.17) is 15.0 Å². The van der Waals surface area contributed by atoms with Crippen LogP contribution in [0, 0.1) is 12.3 Å². The van der Waals surface area contributed by atoms with Gasteiger partial charge < -0.3 is 37.0 Å². The van der Waals surface area contributed by atoms with Crippen molar-refractivity contribution < 1.29 is 52.5 Å². The number of carbonyl (C=O) groups is 2. The number of likely N-dealkylation sites (N-methyl/N-ethyl adjacent to an activating group) is 1. The van der Waals surface area contributed by atoms with E-state index in [1.807, 2.05) is 13.8 Å². The first-order chi connectivity index (χ1) is 29.5. The summed E-state index contributed by atoms with van der Waals surface area (Å²) >= 11 is 0. The van der Waals surface area contributed by atoms with Gasteiger partial charge in [-0.25, -0.2) is 0 Å². The number of unbranched alkanes of at least 4 members (excludes halogenated alkanes) is 26. The summed E-state index contributed by atoms with van der Waals surface area (Å²) in [6.07, 6.45) is 48.7. The van der Waals surface area contributed by atoms with Crippen molar-refractivity contribution in [2.24, 2.45) is 5.92 Å². The van der Waals surface area contributed by atoms with Crippen LogP contribution in [-0.2, 0) is 42.3 Å². The quantitative estimate of drug-likeness (QED) is 0.0274. The summed E-state index contributed by atoms with van der Waals surface area (Å²) in [5.41, 5.74) is 2.17. The molecule has 0 saturated carbocycles. The van der Waals surface area contributed by atoms with Crippen LogP contribution in [-0.4, -0.2) is 74.6 Å². The number of aliphatic hydroxyl groups excluding tert-OH is 2. The molecule has 0 aromatic heterocycles. The molecule has 1 aliphatic rings. The van der Waals surface area contributed by atoms with Gasteiger partial charge in [-0.05, 0) is 51.2 Å². The van der Waals surface area contributed by atoms with E-state index in [9.17, 15) is 4.79 Å². The largest absolute Gasteiger partial charge is 0.400 e. The van der Waals surface area contributed by atoms with Gasteiger partial charge in [0.15, 0.2) is 0 Å². The van der Waals surface area contributed by atoms with Crippen LogP contribution in [0.4, 0.5) is 0 Å². The molecule has 0 heterocycles. The summed E-state index contributed by atoms with van der Waals surface area (Å²) in [5, 5.41) is 22.5. The van der Waals surface area contributed by atoms with E-state index < -0.39 is 0 Å². The normalized spacial score (nSPS) is 11.9. The minimum absolute atomic E-state index is 0. The van der Waals surface area contributed by atoms with Crippen molar-refractivity contribution in [1.82, 2.24) is 15.5 Å². The first-order valence-electron chi connectivity index (χ1n) is 25.8. The van der Waals surface area contributed by atoms with E-state index in [0.29, 0.717) is 17.9 Å². The summed E-state index contributed by atoms with van der Waals surface area (Å²) < 4.78 is 0. The number of Topliss-reactive ketones (excluding diaryl/α,β-unsaturated/α-hetero) is 1. The molecule has 4 N–H and O–H groups in total. The zero-order chi connectivity index (χ0) is 45.2. The van der Waals surface area contributed by atoms with Crippen LogP contribution >= 0.6 is 0 Å². The fourth-order valence-electron chi connectivity index (χ4n) is 8.17. The Balaban J connectivity index is -0.000000868. The van der Waals surface area contributed by atoms with E-state index in [-0.39, 0.29) is 38.5 Å². The molecule has 7 nitrogen and oxygen atoms in total. The fraction of sp³-hybridized carbons (Fsp3) is 0.868. The Morgan fingerprint density at radius 2 is 0.934 bits per heavy atom. The van der Waals surface area contributed by atoms with Crippen molar-refractivity contribution >= 4 is 12.6 Å². The molecular formula is C53H106N3O4Y-. The van der Waals surface area contributed by atoms with Crippen molar-refractivity contribution in [3.8, 4) is 0 Å². The maximum absolute atomic E-state index is 12.1. The predicted octanol–water partition coefficient (Wildman–Crippen LogP) is 14.0. The molecule has 0 aromatic rings. The molecule has 0 fully saturated rings. The molecule has 361 valence electrons. The molecule has 1 rings (SSSR count). The number of carbonyl (C=O) groups excluding carboxylic acids is 2. The molecule has 0 bridgehead atoms. The van der Waals surface area contributed by atoms with Gasteiger partial charge in [-0.2, -0.15) is 12.8 Å². The van der Waals surface area contributed by atoms with Crippen LogP contribution in [0.2, 0.25) is 0 Å². The van der Waals surface area contributed by atoms with Crippen LogP contribution in [0.15, 0.2) is 23.5 Å². The van der Waals surface area contributed by atoms with Crippen molar-refractivity contribution in [1.29, 1.82) is 0 Å². The van der Waals surface area contributed by atoms with E-state index >= 15 is 0 Å². The number of allylic oxidation sites excluding steroid dienone is 2. The summed E-state index contributed by atoms with van der Waals surface area (Å²) in [5.74, 6) is 1.02. The van der Waals surface area contributed by atoms with Crippen LogP contribution < -0.4 is 10.6 Å². The summed E-state index contributed by atoms with van der Waals surface area (Å²) in [4.78, 5) is 22.7. The molecule has 0 atom stereocenters. The monoisotopic (exact) mass is 938 g/mol. The van der Waals surface area contributed by atoms with Gasteiger partial charge in [0.2, 0.25) is 5.78 Å². The molecular weight excluding hydrogens is 832 g/mol. The van der Waals surface area contributed by atoms with Gasteiger partial charge >= 0.3 is 0 Å². The van der Waals surface area contributed by atoms with Gasteiger partial charge in [-0.3, -0.25) is 4.79 Å². The Morgan fingerprint density at radius 3 is 1.34 bits per heavy atom. The Morgan fingerprint density at radius 1 is 0.557 bits per heavy atom. The van der Waals surface area contributed by atoms with Crippen molar-refractivity contribution in [2.45, 2.75) is 246 Å². The van der Waals surface area contributed by atoms with Gasteiger partial charge in [-0.1, -0.05) is 214 Å². The fourth-order valence-corrected chi connectivity index (χ4v) is 8.17. The van der Waals surface area contributed by atoms with Crippen LogP contribution in [0.1, 0.15) is 246 Å². The van der Waals surface area contributed by atoms with E-state index in [1.165, 1.54) is 206 Å².